The first kappa shape index (κ1) is 19.5. The second kappa shape index (κ2) is 8.53. The molecule has 26 heavy (non-hydrogen) atoms. The Labute approximate surface area is 150 Å². The van der Waals surface area contributed by atoms with Crippen molar-refractivity contribution < 1.29 is 18.4 Å². The molecule has 0 aliphatic carbocycles. The number of anilines is 1. The van der Waals surface area contributed by atoms with Crippen LogP contribution in [0.3, 0.4) is 0 Å². The molecular formula is C19H21F2N3O2. The van der Waals surface area contributed by atoms with Crippen LogP contribution in [0, 0.1) is 25.5 Å². The summed E-state index contributed by atoms with van der Waals surface area (Å²) in [6, 6.07) is 7.59. The fourth-order valence-electron chi connectivity index (χ4n) is 2.49. The Kier molecular flexibility index (Phi) is 6.41. The molecule has 2 aromatic carbocycles. The second-order valence-electron chi connectivity index (χ2n) is 6.09. The molecule has 5 nitrogen and oxygen atoms in total. The van der Waals surface area contributed by atoms with Crippen LogP contribution in [-0.2, 0) is 4.79 Å². The van der Waals surface area contributed by atoms with E-state index in [4.69, 9.17) is 0 Å². The number of imide groups is 1. The molecule has 3 N–H and O–H groups in total. The van der Waals surface area contributed by atoms with Gasteiger partial charge in [0.1, 0.15) is 11.6 Å². The van der Waals surface area contributed by atoms with Crippen molar-refractivity contribution in [1.82, 2.24) is 10.6 Å². The predicted molar refractivity (Wildman–Crippen MR) is 95.9 cm³/mol. The molecule has 0 heterocycles. The quantitative estimate of drug-likeness (QED) is 0.762. The lowest BCUT2D eigenvalue weighted by molar-refractivity contribution is -0.119. The number of carbonyl (C=O) groups excluding carboxylic acids is 2. The zero-order valence-corrected chi connectivity index (χ0v) is 14.8. The van der Waals surface area contributed by atoms with E-state index in [-0.39, 0.29) is 12.1 Å². The van der Waals surface area contributed by atoms with Crippen molar-refractivity contribution >= 4 is 17.6 Å². The zero-order chi connectivity index (χ0) is 19.3. The monoisotopic (exact) mass is 361 g/mol. The highest BCUT2D eigenvalue weighted by atomic mass is 19.1. The van der Waals surface area contributed by atoms with Crippen LogP contribution in [0.25, 0.3) is 0 Å². The van der Waals surface area contributed by atoms with Gasteiger partial charge in [-0.1, -0.05) is 23.8 Å². The number of hydrogen-bond acceptors (Lipinski definition) is 3. The summed E-state index contributed by atoms with van der Waals surface area (Å²) in [5, 5.41) is 7.59. The molecule has 0 saturated carbocycles. The van der Waals surface area contributed by atoms with E-state index in [0.717, 1.165) is 23.3 Å². The third kappa shape index (κ3) is 5.35. The Bertz CT molecular complexity index is 824. The summed E-state index contributed by atoms with van der Waals surface area (Å²) in [4.78, 5) is 23.8. The minimum atomic E-state index is -0.696. The summed E-state index contributed by atoms with van der Waals surface area (Å²) >= 11 is 0. The number of rotatable bonds is 5. The summed E-state index contributed by atoms with van der Waals surface area (Å²) < 4.78 is 26.6. The third-order valence-corrected chi connectivity index (χ3v) is 3.88. The average molecular weight is 361 g/mol. The average Bonchev–Trinajstić information content (AvgIpc) is 2.55. The van der Waals surface area contributed by atoms with Crippen LogP contribution in [-0.4, -0.2) is 18.5 Å². The van der Waals surface area contributed by atoms with Crippen LogP contribution in [0.2, 0.25) is 0 Å². The van der Waals surface area contributed by atoms with Crippen molar-refractivity contribution in [3.05, 3.63) is 64.7 Å². The molecule has 0 bridgehead atoms. The van der Waals surface area contributed by atoms with E-state index in [9.17, 15) is 18.4 Å². The fraction of sp³-hybridized carbons (Fsp3) is 0.263. The maximum Gasteiger partial charge on any atom is 0.325 e. The van der Waals surface area contributed by atoms with Crippen LogP contribution in [0.5, 0.6) is 0 Å². The van der Waals surface area contributed by atoms with Gasteiger partial charge in [-0.05, 0) is 38.5 Å². The van der Waals surface area contributed by atoms with Gasteiger partial charge in [0, 0.05) is 23.4 Å². The van der Waals surface area contributed by atoms with E-state index >= 15 is 0 Å². The SMILES string of the molecule is Cc1ccc(NC(=O)NC(=O)CN[C@H](C)c2ccc(F)cc2F)c(C)c1. The molecule has 0 radical (unpaired) electrons. The molecule has 0 saturated heterocycles. The fourth-order valence-corrected chi connectivity index (χ4v) is 2.49. The summed E-state index contributed by atoms with van der Waals surface area (Å²) in [7, 11) is 0. The molecule has 3 amide bonds. The molecule has 0 unspecified atom stereocenters. The van der Waals surface area contributed by atoms with Crippen LogP contribution >= 0.6 is 0 Å². The molecule has 2 aromatic rings. The molecule has 0 fully saturated rings. The second-order valence-corrected chi connectivity index (χ2v) is 6.09. The molecule has 0 aromatic heterocycles. The largest absolute Gasteiger partial charge is 0.325 e. The van der Waals surface area contributed by atoms with E-state index in [2.05, 4.69) is 16.0 Å². The topological polar surface area (TPSA) is 70.2 Å². The highest BCUT2D eigenvalue weighted by Gasteiger charge is 2.14. The lowest BCUT2D eigenvalue weighted by Gasteiger charge is -2.15. The number of hydrogen-bond donors (Lipinski definition) is 3. The van der Waals surface area contributed by atoms with Crippen LogP contribution in [0.4, 0.5) is 19.3 Å². The molecule has 138 valence electrons. The maximum absolute atomic E-state index is 13.7. The summed E-state index contributed by atoms with van der Waals surface area (Å²) in [6.07, 6.45) is 0. The molecular weight excluding hydrogens is 340 g/mol. The van der Waals surface area contributed by atoms with Crippen molar-refractivity contribution in [2.24, 2.45) is 0 Å². The number of aryl methyl sites for hydroxylation is 2. The minimum Gasteiger partial charge on any atom is -0.307 e. The van der Waals surface area contributed by atoms with Crippen molar-refractivity contribution in [1.29, 1.82) is 0 Å². The molecule has 7 heteroatoms. The normalized spacial score (nSPS) is 11.7. The van der Waals surface area contributed by atoms with E-state index in [1.165, 1.54) is 6.07 Å². The zero-order valence-electron chi connectivity index (χ0n) is 14.8. The van der Waals surface area contributed by atoms with Gasteiger partial charge in [-0.2, -0.15) is 0 Å². The number of urea groups is 1. The summed E-state index contributed by atoms with van der Waals surface area (Å²) in [6.45, 7) is 5.24. The summed E-state index contributed by atoms with van der Waals surface area (Å²) in [5.74, 6) is -1.93. The Hall–Kier alpha value is -2.80. The van der Waals surface area contributed by atoms with E-state index in [1.54, 1.807) is 13.0 Å². The minimum absolute atomic E-state index is 0.196. The van der Waals surface area contributed by atoms with E-state index in [0.29, 0.717) is 5.69 Å². The van der Waals surface area contributed by atoms with Gasteiger partial charge in [0.2, 0.25) is 5.91 Å². The Balaban J connectivity index is 1.85. The van der Waals surface area contributed by atoms with Gasteiger partial charge in [0.15, 0.2) is 0 Å². The first-order valence-corrected chi connectivity index (χ1v) is 8.12. The van der Waals surface area contributed by atoms with Crippen LogP contribution in [0.15, 0.2) is 36.4 Å². The van der Waals surface area contributed by atoms with Gasteiger partial charge >= 0.3 is 6.03 Å². The standard InChI is InChI=1S/C19H21F2N3O2/c1-11-4-7-17(12(2)8-11)23-19(26)24-18(25)10-22-13(3)15-6-5-14(20)9-16(15)21/h4-9,13,22H,10H2,1-3H3,(H2,23,24,25,26)/t13-/m1/s1. The third-order valence-electron chi connectivity index (χ3n) is 3.88. The van der Waals surface area contributed by atoms with E-state index < -0.39 is 29.6 Å². The predicted octanol–water partition coefficient (Wildman–Crippen LogP) is 3.58. The summed E-state index contributed by atoms with van der Waals surface area (Å²) in [5.41, 5.74) is 2.79. The molecule has 0 aliphatic heterocycles. The first-order valence-electron chi connectivity index (χ1n) is 8.12. The lowest BCUT2D eigenvalue weighted by Crippen LogP contribution is -2.40. The number of benzene rings is 2. The number of halogens is 2. The van der Waals surface area contributed by atoms with Gasteiger partial charge in [-0.25, -0.2) is 13.6 Å². The van der Waals surface area contributed by atoms with Crippen molar-refractivity contribution in [3.63, 3.8) is 0 Å². The molecule has 0 spiro atoms. The van der Waals surface area contributed by atoms with Gasteiger partial charge in [0.25, 0.3) is 0 Å². The lowest BCUT2D eigenvalue weighted by atomic mass is 10.1. The van der Waals surface area contributed by atoms with Crippen molar-refractivity contribution in [2.75, 3.05) is 11.9 Å². The molecule has 0 aliphatic rings. The molecule has 1 atom stereocenters. The van der Waals surface area contributed by atoms with E-state index in [1.807, 2.05) is 26.0 Å². The highest BCUT2D eigenvalue weighted by molar-refractivity contribution is 6.02. The number of carbonyl (C=O) groups is 2. The van der Waals surface area contributed by atoms with Gasteiger partial charge in [0.05, 0.1) is 6.54 Å². The Morgan fingerprint density at radius 2 is 1.81 bits per heavy atom. The van der Waals surface area contributed by atoms with Gasteiger partial charge in [-0.3, -0.25) is 10.1 Å². The van der Waals surface area contributed by atoms with Crippen LogP contribution < -0.4 is 16.0 Å². The Morgan fingerprint density at radius 1 is 1.08 bits per heavy atom. The number of amides is 3. The number of nitrogens with one attached hydrogen (secondary N) is 3. The van der Waals surface area contributed by atoms with Gasteiger partial charge < -0.3 is 10.6 Å². The Morgan fingerprint density at radius 3 is 2.46 bits per heavy atom. The van der Waals surface area contributed by atoms with Crippen molar-refractivity contribution in [3.8, 4) is 0 Å². The smallest absolute Gasteiger partial charge is 0.307 e. The first-order chi connectivity index (χ1) is 12.3. The maximum atomic E-state index is 13.7. The highest BCUT2D eigenvalue weighted by Crippen LogP contribution is 2.17. The molecule has 2 rings (SSSR count). The van der Waals surface area contributed by atoms with Crippen molar-refractivity contribution in [2.45, 2.75) is 26.8 Å². The van der Waals surface area contributed by atoms with Gasteiger partial charge in [-0.15, -0.1) is 0 Å². The van der Waals surface area contributed by atoms with Crippen LogP contribution in [0.1, 0.15) is 29.7 Å².